The lowest BCUT2D eigenvalue weighted by atomic mass is 10.1. The van der Waals surface area contributed by atoms with E-state index in [1.165, 1.54) is 0 Å². The summed E-state index contributed by atoms with van der Waals surface area (Å²) in [6.45, 7) is 4.98. The SMILES string of the molecule is CC(C)Cc1nc([C@H]2CCCN2C(N)=O)n(-c2cccc3ccccc23)n1. The molecule has 0 spiro atoms. The van der Waals surface area contributed by atoms with Crippen molar-refractivity contribution in [1.82, 2.24) is 19.7 Å². The number of amides is 2. The van der Waals surface area contributed by atoms with Gasteiger partial charge >= 0.3 is 6.03 Å². The molecule has 2 heterocycles. The minimum atomic E-state index is -0.393. The Bertz CT molecular complexity index is 972. The summed E-state index contributed by atoms with van der Waals surface area (Å²) in [6.07, 6.45) is 2.58. The molecule has 2 amide bonds. The maximum Gasteiger partial charge on any atom is 0.315 e. The minimum Gasteiger partial charge on any atom is -0.351 e. The van der Waals surface area contributed by atoms with Crippen molar-refractivity contribution < 1.29 is 4.79 Å². The van der Waals surface area contributed by atoms with Gasteiger partial charge in [-0.05, 0) is 30.2 Å². The molecule has 0 bridgehead atoms. The summed E-state index contributed by atoms with van der Waals surface area (Å²) < 4.78 is 1.92. The summed E-state index contributed by atoms with van der Waals surface area (Å²) in [5.74, 6) is 2.07. The molecule has 0 saturated carbocycles. The van der Waals surface area contributed by atoms with Gasteiger partial charge < -0.3 is 10.6 Å². The van der Waals surface area contributed by atoms with Gasteiger partial charge in [-0.2, -0.15) is 5.10 Å². The maximum absolute atomic E-state index is 11.9. The molecule has 27 heavy (non-hydrogen) atoms. The molecule has 140 valence electrons. The van der Waals surface area contributed by atoms with Crippen LogP contribution in [0.25, 0.3) is 16.5 Å². The third-order valence-electron chi connectivity index (χ3n) is 5.10. The van der Waals surface area contributed by atoms with Crippen LogP contribution in [0.3, 0.4) is 0 Å². The molecule has 0 unspecified atom stereocenters. The van der Waals surface area contributed by atoms with Crippen LogP contribution < -0.4 is 5.73 Å². The highest BCUT2D eigenvalue weighted by Crippen LogP contribution is 2.33. The van der Waals surface area contributed by atoms with Crippen LogP contribution in [0.2, 0.25) is 0 Å². The van der Waals surface area contributed by atoms with E-state index in [9.17, 15) is 4.79 Å². The Morgan fingerprint density at radius 1 is 1.22 bits per heavy atom. The summed E-state index contributed by atoms with van der Waals surface area (Å²) in [4.78, 5) is 18.5. The Morgan fingerprint density at radius 2 is 2.00 bits per heavy atom. The minimum absolute atomic E-state index is 0.130. The number of fused-ring (bicyclic) bond motifs is 1. The third kappa shape index (κ3) is 3.27. The molecule has 1 fully saturated rings. The standard InChI is InChI=1S/C21H25N5O/c1-14(2)13-19-23-20(18-11-6-12-25(18)21(22)27)26(24-19)17-10-5-8-15-7-3-4-9-16(15)17/h3-5,7-10,14,18H,6,11-13H2,1-2H3,(H2,22,27)/t18-/m1/s1. The average molecular weight is 363 g/mol. The lowest BCUT2D eigenvalue weighted by molar-refractivity contribution is 0.200. The van der Waals surface area contributed by atoms with Gasteiger partial charge in [-0.3, -0.25) is 0 Å². The predicted octanol–water partition coefficient (Wildman–Crippen LogP) is 3.83. The largest absolute Gasteiger partial charge is 0.351 e. The highest BCUT2D eigenvalue weighted by Gasteiger charge is 2.33. The first-order chi connectivity index (χ1) is 13.0. The fourth-order valence-electron chi connectivity index (χ4n) is 3.91. The van der Waals surface area contributed by atoms with Crippen molar-refractivity contribution in [3.63, 3.8) is 0 Å². The summed E-state index contributed by atoms with van der Waals surface area (Å²) in [5, 5.41) is 7.11. The van der Waals surface area contributed by atoms with Crippen molar-refractivity contribution in [2.45, 2.75) is 39.2 Å². The number of nitrogens with two attached hydrogens (primary N) is 1. The Hall–Kier alpha value is -2.89. The van der Waals surface area contributed by atoms with Crippen LogP contribution in [0, 0.1) is 5.92 Å². The van der Waals surface area contributed by atoms with Gasteiger partial charge in [0.2, 0.25) is 0 Å². The smallest absolute Gasteiger partial charge is 0.315 e. The highest BCUT2D eigenvalue weighted by molar-refractivity contribution is 5.90. The number of rotatable bonds is 4. The van der Waals surface area contributed by atoms with E-state index >= 15 is 0 Å². The molecule has 1 aliphatic heterocycles. The molecular weight excluding hydrogens is 338 g/mol. The van der Waals surface area contributed by atoms with Gasteiger partial charge in [-0.25, -0.2) is 14.5 Å². The Balaban J connectivity index is 1.88. The van der Waals surface area contributed by atoms with E-state index in [4.69, 9.17) is 15.8 Å². The van der Waals surface area contributed by atoms with E-state index in [0.717, 1.165) is 47.4 Å². The van der Waals surface area contributed by atoms with Crippen molar-refractivity contribution in [2.75, 3.05) is 6.54 Å². The molecule has 1 aromatic heterocycles. The molecule has 1 atom stereocenters. The Labute approximate surface area is 159 Å². The lowest BCUT2D eigenvalue weighted by Gasteiger charge is -2.22. The van der Waals surface area contributed by atoms with Gasteiger partial charge in [0.05, 0.1) is 11.7 Å². The maximum atomic E-state index is 11.9. The fraction of sp³-hybridized carbons (Fsp3) is 0.381. The first-order valence-corrected chi connectivity index (χ1v) is 9.54. The van der Waals surface area contributed by atoms with Gasteiger partial charge in [0.15, 0.2) is 11.6 Å². The van der Waals surface area contributed by atoms with Crippen LogP contribution in [0.5, 0.6) is 0 Å². The molecule has 6 nitrogen and oxygen atoms in total. The molecule has 2 aromatic carbocycles. The molecular formula is C21H25N5O. The number of likely N-dealkylation sites (tertiary alicyclic amines) is 1. The van der Waals surface area contributed by atoms with Crippen LogP contribution >= 0.6 is 0 Å². The van der Waals surface area contributed by atoms with Crippen LogP contribution in [0.4, 0.5) is 4.79 Å². The van der Waals surface area contributed by atoms with Gasteiger partial charge in [0.25, 0.3) is 0 Å². The summed E-state index contributed by atoms with van der Waals surface area (Å²) in [6, 6.07) is 13.9. The van der Waals surface area contributed by atoms with Gasteiger partial charge in [0, 0.05) is 18.4 Å². The summed E-state index contributed by atoms with van der Waals surface area (Å²) in [5.41, 5.74) is 6.61. The highest BCUT2D eigenvalue weighted by atomic mass is 16.2. The van der Waals surface area contributed by atoms with E-state index < -0.39 is 6.03 Å². The summed E-state index contributed by atoms with van der Waals surface area (Å²) >= 11 is 0. The van der Waals surface area contributed by atoms with Crippen molar-refractivity contribution in [3.8, 4) is 5.69 Å². The van der Waals surface area contributed by atoms with Crippen molar-refractivity contribution in [3.05, 3.63) is 54.1 Å². The van der Waals surface area contributed by atoms with Crippen LogP contribution in [0.15, 0.2) is 42.5 Å². The van der Waals surface area contributed by atoms with Gasteiger partial charge in [-0.1, -0.05) is 50.2 Å². The number of benzene rings is 2. The van der Waals surface area contributed by atoms with Crippen LogP contribution in [-0.2, 0) is 6.42 Å². The second-order valence-corrected chi connectivity index (χ2v) is 7.58. The van der Waals surface area contributed by atoms with Crippen molar-refractivity contribution >= 4 is 16.8 Å². The fourth-order valence-corrected chi connectivity index (χ4v) is 3.91. The number of urea groups is 1. The zero-order valence-electron chi connectivity index (χ0n) is 15.8. The second-order valence-electron chi connectivity index (χ2n) is 7.58. The van der Waals surface area contributed by atoms with Crippen molar-refractivity contribution in [2.24, 2.45) is 11.7 Å². The number of carbonyl (C=O) groups is 1. The normalized spacial score (nSPS) is 17.1. The van der Waals surface area contributed by atoms with Gasteiger partial charge in [-0.15, -0.1) is 0 Å². The van der Waals surface area contributed by atoms with E-state index in [-0.39, 0.29) is 6.04 Å². The first-order valence-electron chi connectivity index (χ1n) is 9.54. The average Bonchev–Trinajstić information content (AvgIpc) is 3.27. The Morgan fingerprint density at radius 3 is 2.78 bits per heavy atom. The predicted molar refractivity (Wildman–Crippen MR) is 106 cm³/mol. The topological polar surface area (TPSA) is 77.0 Å². The molecule has 4 rings (SSSR count). The number of carbonyl (C=O) groups excluding carboxylic acids is 1. The van der Waals surface area contributed by atoms with Gasteiger partial charge in [0.1, 0.15) is 0 Å². The third-order valence-corrected chi connectivity index (χ3v) is 5.10. The molecule has 2 N–H and O–H groups in total. The molecule has 0 radical (unpaired) electrons. The number of hydrogen-bond acceptors (Lipinski definition) is 3. The quantitative estimate of drug-likeness (QED) is 0.765. The van der Waals surface area contributed by atoms with E-state index in [1.54, 1.807) is 4.90 Å². The van der Waals surface area contributed by atoms with Crippen LogP contribution in [-0.4, -0.2) is 32.2 Å². The van der Waals surface area contributed by atoms with Crippen molar-refractivity contribution in [1.29, 1.82) is 0 Å². The number of primary amides is 1. The van der Waals surface area contributed by atoms with E-state index in [2.05, 4.69) is 38.1 Å². The number of hydrogen-bond donors (Lipinski definition) is 1. The van der Waals surface area contributed by atoms with Crippen LogP contribution in [0.1, 0.15) is 44.4 Å². The molecule has 6 heteroatoms. The zero-order chi connectivity index (χ0) is 19.0. The summed E-state index contributed by atoms with van der Waals surface area (Å²) in [7, 11) is 0. The number of aromatic nitrogens is 3. The molecule has 0 aliphatic carbocycles. The Kier molecular flexibility index (Phi) is 4.56. The second kappa shape index (κ2) is 7.02. The molecule has 1 saturated heterocycles. The van der Waals surface area contributed by atoms with E-state index in [1.807, 2.05) is 22.9 Å². The monoisotopic (exact) mass is 363 g/mol. The first kappa shape index (κ1) is 17.5. The molecule has 3 aromatic rings. The number of nitrogens with zero attached hydrogens (tertiary/aromatic N) is 4. The zero-order valence-corrected chi connectivity index (χ0v) is 15.8. The lowest BCUT2D eigenvalue weighted by Crippen LogP contribution is -2.36. The molecule has 1 aliphatic rings. The van der Waals surface area contributed by atoms with E-state index in [0.29, 0.717) is 12.5 Å².